The number of rotatable bonds is 4. The third-order valence-corrected chi connectivity index (χ3v) is 5.85. The molecule has 4 rings (SSSR count). The van der Waals surface area contributed by atoms with Gasteiger partial charge in [0.2, 0.25) is 5.88 Å². The number of aromatic amines is 1. The number of aromatic nitrogens is 4. The number of hydrogen-bond acceptors (Lipinski definition) is 6. The number of hydrogen-bond donors (Lipinski definition) is 1. The second-order valence-electron chi connectivity index (χ2n) is 5.67. The van der Waals surface area contributed by atoms with Crippen molar-refractivity contribution in [2.75, 3.05) is 7.11 Å². The van der Waals surface area contributed by atoms with Crippen molar-refractivity contribution in [2.45, 2.75) is 0 Å². The first-order valence-corrected chi connectivity index (χ1v) is 9.58. The molecule has 1 N–H and O–H groups in total. The Bertz CT molecular complexity index is 1200. The maximum atomic E-state index is 10.00. The molecule has 0 radical (unpaired) electrons. The van der Waals surface area contributed by atoms with Gasteiger partial charge in [-0.05, 0) is 23.8 Å². The normalized spacial score (nSPS) is 10.6. The molecule has 1 aromatic carbocycles. The lowest BCUT2D eigenvalue weighted by Crippen LogP contribution is -1.89. The first-order chi connectivity index (χ1) is 13.6. The Balaban J connectivity index is 2.03. The Labute approximate surface area is 174 Å². The Morgan fingerprint density at radius 3 is 2.71 bits per heavy atom. The van der Waals surface area contributed by atoms with Crippen molar-refractivity contribution in [2.24, 2.45) is 0 Å². The third-order valence-electron chi connectivity index (χ3n) is 4.06. The zero-order valence-electron chi connectivity index (χ0n) is 14.4. The van der Waals surface area contributed by atoms with Crippen LogP contribution in [0.25, 0.3) is 32.3 Å². The number of nitrogens with zero attached hydrogens (tertiary/aromatic N) is 4. The van der Waals surface area contributed by atoms with Crippen molar-refractivity contribution in [1.82, 2.24) is 20.2 Å². The van der Waals surface area contributed by atoms with Gasteiger partial charge in [-0.15, -0.1) is 21.5 Å². The molecule has 3 aromatic heterocycles. The van der Waals surface area contributed by atoms with Crippen LogP contribution in [0, 0.1) is 11.3 Å². The van der Waals surface area contributed by atoms with E-state index in [-0.39, 0.29) is 0 Å². The lowest BCUT2D eigenvalue weighted by Gasteiger charge is -2.07. The van der Waals surface area contributed by atoms with Crippen LogP contribution >= 0.6 is 34.5 Å². The van der Waals surface area contributed by atoms with Gasteiger partial charge >= 0.3 is 0 Å². The Kier molecular flexibility index (Phi) is 5.01. The molecule has 0 aliphatic carbocycles. The fourth-order valence-electron chi connectivity index (χ4n) is 2.84. The summed E-state index contributed by atoms with van der Waals surface area (Å²) in [7, 11) is 1.55. The van der Waals surface area contributed by atoms with Crippen LogP contribution in [0.4, 0.5) is 0 Å². The van der Waals surface area contributed by atoms with Gasteiger partial charge in [0, 0.05) is 33.4 Å². The van der Waals surface area contributed by atoms with E-state index in [0.29, 0.717) is 38.4 Å². The zero-order valence-corrected chi connectivity index (χ0v) is 16.7. The maximum Gasteiger partial charge on any atom is 0.213 e. The monoisotopic (exact) mass is 427 g/mol. The van der Waals surface area contributed by atoms with Gasteiger partial charge in [-0.2, -0.15) is 5.26 Å². The van der Waals surface area contributed by atoms with Gasteiger partial charge in [0.1, 0.15) is 12.4 Å². The zero-order chi connectivity index (χ0) is 19.7. The van der Waals surface area contributed by atoms with Crippen molar-refractivity contribution in [3.63, 3.8) is 0 Å². The van der Waals surface area contributed by atoms with Gasteiger partial charge < -0.3 is 9.72 Å². The van der Waals surface area contributed by atoms with E-state index >= 15 is 0 Å². The number of methoxy groups -OCH3 is 1. The summed E-state index contributed by atoms with van der Waals surface area (Å²) in [5.74, 6) is 1.01. The molecule has 0 aliphatic rings. The van der Waals surface area contributed by atoms with Crippen molar-refractivity contribution in [3.8, 4) is 44.2 Å². The maximum absolute atomic E-state index is 10.00. The topological polar surface area (TPSA) is 87.5 Å². The summed E-state index contributed by atoms with van der Waals surface area (Å²) >= 11 is 13.9. The van der Waals surface area contributed by atoms with Crippen molar-refractivity contribution < 1.29 is 4.74 Å². The molecule has 28 heavy (non-hydrogen) atoms. The van der Waals surface area contributed by atoms with Crippen molar-refractivity contribution >= 4 is 34.5 Å². The van der Waals surface area contributed by atoms with Gasteiger partial charge in [0.05, 0.1) is 22.4 Å². The lowest BCUT2D eigenvalue weighted by molar-refractivity contribution is 0.398. The van der Waals surface area contributed by atoms with E-state index in [1.54, 1.807) is 37.6 Å². The number of benzene rings is 1. The van der Waals surface area contributed by atoms with E-state index < -0.39 is 0 Å². The quantitative estimate of drug-likeness (QED) is 0.467. The second-order valence-corrected chi connectivity index (χ2v) is 7.53. The highest BCUT2D eigenvalue weighted by Crippen LogP contribution is 2.48. The highest BCUT2D eigenvalue weighted by Gasteiger charge is 2.25. The molecule has 0 amide bonds. The van der Waals surface area contributed by atoms with Crippen molar-refractivity contribution in [1.29, 1.82) is 5.26 Å². The smallest absolute Gasteiger partial charge is 0.213 e. The molecule has 0 saturated carbocycles. The molecule has 0 spiro atoms. The third kappa shape index (κ3) is 3.22. The lowest BCUT2D eigenvalue weighted by atomic mass is 9.98. The Morgan fingerprint density at radius 1 is 1.18 bits per heavy atom. The van der Waals surface area contributed by atoms with E-state index in [1.807, 2.05) is 6.07 Å². The summed E-state index contributed by atoms with van der Waals surface area (Å²) in [5.41, 5.74) is 2.66. The molecular weight excluding hydrogens is 417 g/mol. The Hall–Kier alpha value is -2.92. The fraction of sp³-hybridized carbons (Fsp3) is 0.0526. The number of pyridine rings is 1. The molecule has 138 valence electrons. The molecule has 3 heterocycles. The van der Waals surface area contributed by atoms with E-state index in [0.717, 1.165) is 15.3 Å². The van der Waals surface area contributed by atoms with E-state index in [9.17, 15) is 5.26 Å². The largest absolute Gasteiger partial charge is 0.481 e. The minimum atomic E-state index is 0.446. The number of nitrogens with one attached hydrogen (secondary N) is 1. The molecule has 0 fully saturated rings. The predicted molar refractivity (Wildman–Crippen MR) is 110 cm³/mol. The number of H-pyrrole nitrogens is 1. The number of nitriles is 1. The molecule has 4 aromatic rings. The van der Waals surface area contributed by atoms with Gasteiger partial charge in [0.25, 0.3) is 0 Å². The molecule has 9 heteroatoms. The number of thiophene rings is 1. The molecule has 0 atom stereocenters. The summed E-state index contributed by atoms with van der Waals surface area (Å²) in [5, 5.41) is 19.0. The number of halogens is 2. The molecule has 0 aliphatic heterocycles. The van der Waals surface area contributed by atoms with Gasteiger partial charge in [-0.1, -0.05) is 29.3 Å². The fourth-order valence-corrected chi connectivity index (χ4v) is 4.55. The first-order valence-electron chi connectivity index (χ1n) is 8.01. The second kappa shape index (κ2) is 7.60. The van der Waals surface area contributed by atoms with Crippen LogP contribution in [0.5, 0.6) is 5.88 Å². The Morgan fingerprint density at radius 2 is 2.04 bits per heavy atom. The summed E-state index contributed by atoms with van der Waals surface area (Å²) in [6.07, 6.45) is 3.13. The SMILES string of the molecule is COc1cc(-c2sc(-c3nnc[nH]3)c(-c3ccc(Cl)cc3Cl)c2C#N)ccn1. The van der Waals surface area contributed by atoms with Gasteiger partial charge in [-0.25, -0.2) is 4.98 Å². The molecule has 0 saturated heterocycles. The summed E-state index contributed by atoms with van der Waals surface area (Å²) in [6.45, 7) is 0. The molecular formula is C19H11Cl2N5OS. The molecule has 0 bridgehead atoms. The minimum Gasteiger partial charge on any atom is -0.481 e. The minimum absolute atomic E-state index is 0.446. The van der Waals surface area contributed by atoms with Crippen LogP contribution in [0.3, 0.4) is 0 Å². The number of ether oxygens (including phenoxy) is 1. The predicted octanol–water partition coefficient (Wildman–Crippen LogP) is 5.45. The van der Waals surface area contributed by atoms with Crippen LogP contribution in [0.1, 0.15) is 5.56 Å². The van der Waals surface area contributed by atoms with Crippen LogP contribution in [-0.2, 0) is 0 Å². The highest BCUT2D eigenvalue weighted by molar-refractivity contribution is 7.19. The van der Waals surface area contributed by atoms with E-state index in [4.69, 9.17) is 27.9 Å². The summed E-state index contributed by atoms with van der Waals surface area (Å²) < 4.78 is 5.22. The van der Waals surface area contributed by atoms with Gasteiger partial charge in [-0.3, -0.25) is 0 Å². The van der Waals surface area contributed by atoms with Crippen LogP contribution in [-0.4, -0.2) is 27.3 Å². The van der Waals surface area contributed by atoms with E-state index in [2.05, 4.69) is 26.2 Å². The highest BCUT2D eigenvalue weighted by atomic mass is 35.5. The van der Waals surface area contributed by atoms with Gasteiger partial charge in [0.15, 0.2) is 5.82 Å². The standard InChI is InChI=1S/C19H11Cl2N5OS/c1-27-15-6-10(4-5-23-15)17-13(8-22)16(12-3-2-11(20)7-14(12)21)18(28-17)19-24-9-25-26-19/h2-7,9H,1H3,(H,24,25,26). The summed E-state index contributed by atoms with van der Waals surface area (Å²) in [6, 6.07) is 11.1. The van der Waals surface area contributed by atoms with Crippen LogP contribution < -0.4 is 4.74 Å². The average Bonchev–Trinajstić information content (AvgIpc) is 3.35. The van der Waals surface area contributed by atoms with Crippen LogP contribution in [0.2, 0.25) is 10.0 Å². The molecule has 0 unspecified atom stereocenters. The molecule has 6 nitrogen and oxygen atoms in total. The van der Waals surface area contributed by atoms with Crippen molar-refractivity contribution in [3.05, 3.63) is 58.5 Å². The van der Waals surface area contributed by atoms with Crippen LogP contribution in [0.15, 0.2) is 42.9 Å². The summed E-state index contributed by atoms with van der Waals surface area (Å²) in [4.78, 5) is 8.65. The average molecular weight is 428 g/mol. The van der Waals surface area contributed by atoms with E-state index in [1.165, 1.54) is 17.7 Å². The first kappa shape index (κ1) is 18.4.